The van der Waals surface area contributed by atoms with Gasteiger partial charge in [-0.15, -0.1) is 0 Å². The zero-order valence-corrected chi connectivity index (χ0v) is 11.2. The lowest BCUT2D eigenvalue weighted by molar-refractivity contribution is -0.496. The van der Waals surface area contributed by atoms with Crippen LogP contribution in [0.15, 0.2) is 28.8 Å². The number of hydrogen-bond donors (Lipinski definition) is 1. The molecule has 9 heteroatoms. The van der Waals surface area contributed by atoms with Gasteiger partial charge in [0.2, 0.25) is 17.8 Å². The summed E-state index contributed by atoms with van der Waals surface area (Å²) in [5, 5.41) is 16.8. The van der Waals surface area contributed by atoms with Gasteiger partial charge in [-0.3, -0.25) is 14.9 Å². The third-order valence-electron chi connectivity index (χ3n) is 3.28. The first kappa shape index (κ1) is 14.1. The number of rotatable bonds is 5. The Morgan fingerprint density at radius 1 is 1.45 bits per heavy atom. The molecule has 2 unspecified atom stereocenters. The first-order valence-corrected chi connectivity index (χ1v) is 6.54. The highest BCUT2D eigenvalue weighted by Crippen LogP contribution is 2.41. The fraction of sp³-hybridized carbons (Fsp3) is 0.308. The predicted octanol–water partition coefficient (Wildman–Crippen LogP) is 1.52. The molecule has 22 heavy (non-hydrogen) atoms. The maximum atomic E-state index is 12.8. The number of nitrogens with one attached hydrogen (secondary N) is 1. The van der Waals surface area contributed by atoms with Gasteiger partial charge >= 0.3 is 0 Å². The molecule has 1 aromatic heterocycles. The third-order valence-corrected chi connectivity index (χ3v) is 3.28. The zero-order chi connectivity index (χ0) is 15.7. The Labute approximate surface area is 123 Å². The Bertz CT molecular complexity index is 715. The molecule has 114 valence electrons. The molecule has 3 rings (SSSR count). The van der Waals surface area contributed by atoms with E-state index in [4.69, 9.17) is 4.52 Å². The van der Waals surface area contributed by atoms with Crippen molar-refractivity contribution < 1.29 is 18.6 Å². The molecule has 8 nitrogen and oxygen atoms in total. The number of amides is 1. The van der Waals surface area contributed by atoms with Crippen LogP contribution in [0.3, 0.4) is 0 Å². The lowest BCUT2D eigenvalue weighted by Crippen LogP contribution is -2.15. The number of halogens is 1. The van der Waals surface area contributed by atoms with E-state index in [1.54, 1.807) is 0 Å². The standard InChI is InChI=1S/C13H11FN4O4/c14-7-1-3-8(4-2-7)15-12(19)6-11-16-13(22-17-11)9-5-10(9)18(20)21/h1-4,9-10H,5-6H2,(H,15,19). The maximum Gasteiger partial charge on any atom is 0.236 e. The molecule has 0 spiro atoms. The summed E-state index contributed by atoms with van der Waals surface area (Å²) < 4.78 is 17.7. The van der Waals surface area contributed by atoms with Crippen LogP contribution >= 0.6 is 0 Å². The summed E-state index contributed by atoms with van der Waals surface area (Å²) in [6.07, 6.45) is 0.243. The lowest BCUT2D eigenvalue weighted by Gasteiger charge is -2.02. The number of carbonyl (C=O) groups is 1. The summed E-state index contributed by atoms with van der Waals surface area (Å²) in [4.78, 5) is 26.0. The summed E-state index contributed by atoms with van der Waals surface area (Å²) in [6, 6.07) is 4.64. The number of hydrogen-bond acceptors (Lipinski definition) is 6. The van der Waals surface area contributed by atoms with Gasteiger partial charge < -0.3 is 9.84 Å². The molecule has 0 saturated heterocycles. The van der Waals surface area contributed by atoms with Gasteiger partial charge in [0.1, 0.15) is 11.7 Å². The molecule has 1 amide bonds. The van der Waals surface area contributed by atoms with Gasteiger partial charge in [-0.05, 0) is 24.3 Å². The third kappa shape index (κ3) is 3.08. The molecule has 1 aliphatic rings. The van der Waals surface area contributed by atoms with E-state index in [9.17, 15) is 19.3 Å². The molecule has 0 aliphatic heterocycles. The topological polar surface area (TPSA) is 111 Å². The van der Waals surface area contributed by atoms with E-state index < -0.39 is 11.9 Å². The summed E-state index contributed by atoms with van der Waals surface area (Å²) in [7, 11) is 0. The molecular weight excluding hydrogens is 295 g/mol. The van der Waals surface area contributed by atoms with Crippen LogP contribution in [0, 0.1) is 15.9 Å². The molecule has 0 radical (unpaired) electrons. The van der Waals surface area contributed by atoms with Crippen molar-refractivity contribution in [2.75, 3.05) is 5.32 Å². The van der Waals surface area contributed by atoms with Crippen molar-refractivity contribution >= 4 is 11.6 Å². The number of aromatic nitrogens is 2. The largest absolute Gasteiger partial charge is 0.339 e. The highest BCUT2D eigenvalue weighted by atomic mass is 19.1. The van der Waals surface area contributed by atoms with Crippen LogP contribution in [-0.4, -0.2) is 27.0 Å². The second kappa shape index (κ2) is 5.51. The van der Waals surface area contributed by atoms with Crippen LogP contribution in [0.4, 0.5) is 10.1 Å². The Kier molecular flexibility index (Phi) is 3.53. The van der Waals surface area contributed by atoms with Crippen molar-refractivity contribution in [2.24, 2.45) is 0 Å². The van der Waals surface area contributed by atoms with Gasteiger partial charge in [-0.2, -0.15) is 4.98 Å². The van der Waals surface area contributed by atoms with Crippen molar-refractivity contribution in [2.45, 2.75) is 24.8 Å². The van der Waals surface area contributed by atoms with Crippen LogP contribution < -0.4 is 5.32 Å². The molecule has 1 heterocycles. The summed E-state index contributed by atoms with van der Waals surface area (Å²) >= 11 is 0. The first-order valence-electron chi connectivity index (χ1n) is 6.54. The zero-order valence-electron chi connectivity index (χ0n) is 11.2. The van der Waals surface area contributed by atoms with E-state index in [2.05, 4.69) is 15.5 Å². The average Bonchev–Trinajstić information content (AvgIpc) is 3.15. The van der Waals surface area contributed by atoms with Crippen LogP contribution in [0.5, 0.6) is 0 Å². The Morgan fingerprint density at radius 3 is 2.82 bits per heavy atom. The summed E-state index contributed by atoms with van der Waals surface area (Å²) in [6.45, 7) is 0. The highest BCUT2D eigenvalue weighted by Gasteiger charge is 2.53. The van der Waals surface area contributed by atoms with Crippen molar-refractivity contribution in [3.8, 4) is 0 Å². The van der Waals surface area contributed by atoms with Gasteiger partial charge in [-0.25, -0.2) is 4.39 Å². The van der Waals surface area contributed by atoms with E-state index in [0.29, 0.717) is 12.1 Å². The van der Waals surface area contributed by atoms with Crippen LogP contribution in [-0.2, 0) is 11.2 Å². The summed E-state index contributed by atoms with van der Waals surface area (Å²) in [5.74, 6) is -0.808. The number of carbonyl (C=O) groups excluding carboxylic acids is 1. The molecule has 1 N–H and O–H groups in total. The Balaban J connectivity index is 1.57. The number of nitrogens with zero attached hydrogens (tertiary/aromatic N) is 3. The molecule has 2 aromatic rings. The van der Waals surface area contributed by atoms with Crippen LogP contribution in [0.25, 0.3) is 0 Å². The van der Waals surface area contributed by atoms with E-state index in [-0.39, 0.29) is 34.9 Å². The maximum absolute atomic E-state index is 12.8. The molecule has 2 atom stereocenters. The second-order valence-corrected chi connectivity index (χ2v) is 4.98. The Morgan fingerprint density at radius 2 is 2.18 bits per heavy atom. The molecular formula is C13H11FN4O4. The van der Waals surface area contributed by atoms with Gasteiger partial charge in [-0.1, -0.05) is 5.16 Å². The van der Waals surface area contributed by atoms with E-state index in [1.165, 1.54) is 24.3 Å². The van der Waals surface area contributed by atoms with E-state index in [1.807, 2.05) is 0 Å². The van der Waals surface area contributed by atoms with Crippen LogP contribution in [0.1, 0.15) is 24.1 Å². The van der Waals surface area contributed by atoms with Gasteiger partial charge in [0.15, 0.2) is 5.82 Å². The average molecular weight is 306 g/mol. The first-order chi connectivity index (χ1) is 10.5. The minimum absolute atomic E-state index is 0.128. The minimum Gasteiger partial charge on any atom is -0.339 e. The highest BCUT2D eigenvalue weighted by molar-refractivity contribution is 5.91. The van der Waals surface area contributed by atoms with E-state index in [0.717, 1.165) is 0 Å². The predicted molar refractivity (Wildman–Crippen MR) is 71.2 cm³/mol. The number of anilines is 1. The van der Waals surface area contributed by atoms with Gasteiger partial charge in [0, 0.05) is 17.0 Å². The molecule has 1 aromatic carbocycles. The van der Waals surface area contributed by atoms with Crippen molar-refractivity contribution in [3.63, 3.8) is 0 Å². The van der Waals surface area contributed by atoms with Crippen molar-refractivity contribution in [1.82, 2.24) is 10.1 Å². The normalized spacial score (nSPS) is 19.7. The van der Waals surface area contributed by atoms with Gasteiger partial charge in [0.05, 0.1) is 6.42 Å². The van der Waals surface area contributed by atoms with Crippen LogP contribution in [0.2, 0.25) is 0 Å². The monoisotopic (exact) mass is 306 g/mol. The molecule has 1 aliphatic carbocycles. The fourth-order valence-electron chi connectivity index (χ4n) is 2.05. The van der Waals surface area contributed by atoms with E-state index >= 15 is 0 Å². The Hall–Kier alpha value is -2.84. The summed E-state index contributed by atoms with van der Waals surface area (Å²) in [5.41, 5.74) is 0.450. The fourth-order valence-corrected chi connectivity index (χ4v) is 2.05. The second-order valence-electron chi connectivity index (χ2n) is 4.98. The number of benzene rings is 1. The van der Waals surface area contributed by atoms with Gasteiger partial charge in [0.25, 0.3) is 0 Å². The molecule has 1 fully saturated rings. The molecule has 0 bridgehead atoms. The van der Waals surface area contributed by atoms with Crippen molar-refractivity contribution in [3.05, 3.63) is 51.9 Å². The number of nitro groups is 1. The minimum atomic E-state index is -0.679. The quantitative estimate of drug-likeness (QED) is 0.662. The lowest BCUT2D eigenvalue weighted by atomic mass is 10.3. The smallest absolute Gasteiger partial charge is 0.236 e. The SMILES string of the molecule is O=C(Cc1noc(C2CC2[N+](=O)[O-])n1)Nc1ccc(F)cc1. The molecule has 1 saturated carbocycles. The van der Waals surface area contributed by atoms with Crippen molar-refractivity contribution in [1.29, 1.82) is 0 Å².